The predicted octanol–water partition coefficient (Wildman–Crippen LogP) is 3.06. The summed E-state index contributed by atoms with van der Waals surface area (Å²) in [6, 6.07) is 1.74. The molecule has 110 valence electrons. The Labute approximate surface area is 124 Å². The highest BCUT2D eigenvalue weighted by Gasteiger charge is 2.20. The number of thiophene rings is 1. The van der Waals surface area contributed by atoms with Gasteiger partial charge >= 0.3 is 11.9 Å². The van der Waals surface area contributed by atoms with E-state index in [1.165, 1.54) is 11.3 Å². The molecular weight excluding hydrogens is 292 g/mol. The van der Waals surface area contributed by atoms with Crippen molar-refractivity contribution in [1.29, 1.82) is 0 Å². The molecule has 0 aliphatic heterocycles. The maximum Gasteiger partial charge on any atom is 0.354 e. The summed E-state index contributed by atoms with van der Waals surface area (Å²) < 4.78 is 11.7. The first-order valence-electron chi connectivity index (χ1n) is 6.62. The predicted molar refractivity (Wildman–Crippen MR) is 79.9 cm³/mol. The molecule has 0 bridgehead atoms. The van der Waals surface area contributed by atoms with Crippen LogP contribution in [0.15, 0.2) is 12.3 Å². The van der Waals surface area contributed by atoms with Crippen molar-refractivity contribution in [3.8, 4) is 0 Å². The van der Waals surface area contributed by atoms with Gasteiger partial charge in [-0.05, 0) is 19.9 Å². The normalized spacial score (nSPS) is 11.1. The van der Waals surface area contributed by atoms with Crippen molar-refractivity contribution in [3.05, 3.63) is 23.5 Å². The van der Waals surface area contributed by atoms with Crippen LogP contribution in [0.25, 0.3) is 20.4 Å². The lowest BCUT2D eigenvalue weighted by Crippen LogP contribution is -2.04. The molecule has 0 aromatic carbocycles. The molecule has 3 aromatic rings. The fourth-order valence-electron chi connectivity index (χ4n) is 2.19. The van der Waals surface area contributed by atoms with Gasteiger partial charge in [0, 0.05) is 6.20 Å². The molecule has 0 unspecified atom stereocenters. The first-order chi connectivity index (χ1) is 10.2. The fraction of sp³-hybridized carbons (Fsp3) is 0.286. The van der Waals surface area contributed by atoms with Crippen LogP contribution in [0.2, 0.25) is 0 Å². The second kappa shape index (κ2) is 5.25. The van der Waals surface area contributed by atoms with E-state index in [1.807, 2.05) is 0 Å². The largest absolute Gasteiger partial charge is 0.462 e. The number of hydrogen-bond donors (Lipinski definition) is 2. The Balaban J connectivity index is 2.05. The van der Waals surface area contributed by atoms with Crippen molar-refractivity contribution < 1.29 is 19.1 Å². The zero-order chi connectivity index (χ0) is 15.0. The third-order valence-corrected chi connectivity index (χ3v) is 4.24. The van der Waals surface area contributed by atoms with E-state index in [0.29, 0.717) is 24.5 Å². The highest BCUT2D eigenvalue weighted by molar-refractivity contribution is 7.26. The topological polar surface area (TPSA) is 84.2 Å². The zero-order valence-electron chi connectivity index (χ0n) is 11.6. The SMILES string of the molecule is CCOC(=O)c1cc2sc3c(C(=O)OCC)c[nH]c3c2[nH]1. The molecule has 0 spiro atoms. The highest BCUT2D eigenvalue weighted by atomic mass is 32.1. The summed E-state index contributed by atoms with van der Waals surface area (Å²) in [5, 5.41) is 0. The molecule has 7 heteroatoms. The van der Waals surface area contributed by atoms with Crippen LogP contribution in [0.1, 0.15) is 34.7 Å². The monoisotopic (exact) mass is 306 g/mol. The fourth-order valence-corrected chi connectivity index (χ4v) is 3.36. The van der Waals surface area contributed by atoms with E-state index in [2.05, 4.69) is 9.97 Å². The number of esters is 2. The summed E-state index contributed by atoms with van der Waals surface area (Å²) in [4.78, 5) is 29.7. The van der Waals surface area contributed by atoms with Crippen LogP contribution in [-0.2, 0) is 9.47 Å². The second-order valence-electron chi connectivity index (χ2n) is 4.37. The lowest BCUT2D eigenvalue weighted by Gasteiger charge is -1.98. The lowest BCUT2D eigenvalue weighted by molar-refractivity contribution is 0.0514. The number of carbonyl (C=O) groups is 2. The van der Waals surface area contributed by atoms with Gasteiger partial charge in [0.25, 0.3) is 0 Å². The van der Waals surface area contributed by atoms with Gasteiger partial charge < -0.3 is 19.4 Å². The molecular formula is C14H14N2O4S. The van der Waals surface area contributed by atoms with Gasteiger partial charge in [-0.25, -0.2) is 9.59 Å². The third-order valence-electron chi connectivity index (χ3n) is 3.07. The quantitative estimate of drug-likeness (QED) is 0.726. The Morgan fingerprint density at radius 1 is 1.14 bits per heavy atom. The van der Waals surface area contributed by atoms with Gasteiger partial charge in [-0.2, -0.15) is 0 Å². The first-order valence-corrected chi connectivity index (χ1v) is 7.44. The summed E-state index contributed by atoms with van der Waals surface area (Å²) in [6.07, 6.45) is 1.63. The van der Waals surface area contributed by atoms with Gasteiger partial charge in [0.05, 0.1) is 39.2 Å². The van der Waals surface area contributed by atoms with E-state index in [9.17, 15) is 9.59 Å². The summed E-state index contributed by atoms with van der Waals surface area (Å²) >= 11 is 1.43. The average Bonchev–Trinajstić information content (AvgIpc) is 3.08. The number of rotatable bonds is 4. The van der Waals surface area contributed by atoms with Crippen molar-refractivity contribution in [1.82, 2.24) is 9.97 Å². The molecule has 0 aliphatic carbocycles. The Morgan fingerprint density at radius 3 is 2.57 bits per heavy atom. The number of carbonyl (C=O) groups excluding carboxylic acids is 2. The number of aromatic nitrogens is 2. The number of nitrogens with one attached hydrogen (secondary N) is 2. The number of aromatic amines is 2. The van der Waals surface area contributed by atoms with Gasteiger partial charge in [-0.15, -0.1) is 11.3 Å². The van der Waals surface area contributed by atoms with Crippen LogP contribution in [0, 0.1) is 0 Å². The molecule has 3 rings (SSSR count). The van der Waals surface area contributed by atoms with Crippen LogP contribution in [0.3, 0.4) is 0 Å². The molecule has 0 saturated carbocycles. The van der Waals surface area contributed by atoms with Crippen molar-refractivity contribution in [2.24, 2.45) is 0 Å². The average molecular weight is 306 g/mol. The van der Waals surface area contributed by atoms with E-state index in [0.717, 1.165) is 20.4 Å². The number of hydrogen-bond acceptors (Lipinski definition) is 5. The minimum absolute atomic E-state index is 0.330. The molecule has 0 saturated heterocycles. The third kappa shape index (κ3) is 2.19. The first kappa shape index (κ1) is 13.7. The van der Waals surface area contributed by atoms with Crippen molar-refractivity contribution >= 4 is 43.7 Å². The summed E-state index contributed by atoms with van der Waals surface area (Å²) in [6.45, 7) is 4.20. The summed E-state index contributed by atoms with van der Waals surface area (Å²) in [5.41, 5.74) is 2.52. The van der Waals surface area contributed by atoms with Crippen LogP contribution in [0.5, 0.6) is 0 Å². The minimum Gasteiger partial charge on any atom is -0.462 e. The Bertz CT molecular complexity index is 827. The van der Waals surface area contributed by atoms with Gasteiger partial charge in [-0.1, -0.05) is 0 Å². The van der Waals surface area contributed by atoms with E-state index in [-0.39, 0.29) is 11.9 Å². The van der Waals surface area contributed by atoms with E-state index >= 15 is 0 Å². The van der Waals surface area contributed by atoms with Crippen LogP contribution >= 0.6 is 11.3 Å². The molecule has 0 radical (unpaired) electrons. The van der Waals surface area contributed by atoms with Gasteiger partial charge in [0.15, 0.2) is 0 Å². The molecule has 0 amide bonds. The molecule has 6 nitrogen and oxygen atoms in total. The Morgan fingerprint density at radius 2 is 1.86 bits per heavy atom. The van der Waals surface area contributed by atoms with E-state index < -0.39 is 0 Å². The standard InChI is InChI=1S/C14H14N2O4S/c1-3-19-13(17)7-6-15-11-10-9(21-12(7)11)5-8(16-10)14(18)20-4-2/h5-6,15-16H,3-4H2,1-2H3. The van der Waals surface area contributed by atoms with Crippen LogP contribution in [-0.4, -0.2) is 35.1 Å². The lowest BCUT2D eigenvalue weighted by atomic mass is 10.3. The Kier molecular flexibility index (Phi) is 3.42. The number of ether oxygens (including phenoxy) is 2. The molecule has 2 N–H and O–H groups in total. The van der Waals surface area contributed by atoms with Crippen molar-refractivity contribution in [2.75, 3.05) is 13.2 Å². The summed E-state index contributed by atoms with van der Waals surface area (Å²) in [5.74, 6) is -0.732. The zero-order valence-corrected chi connectivity index (χ0v) is 12.4. The second-order valence-corrected chi connectivity index (χ2v) is 5.42. The van der Waals surface area contributed by atoms with Crippen LogP contribution < -0.4 is 0 Å². The molecule has 3 heterocycles. The number of fused-ring (bicyclic) bond motifs is 3. The maximum absolute atomic E-state index is 11.9. The molecule has 0 aliphatic rings. The Hall–Kier alpha value is -2.28. The molecule has 21 heavy (non-hydrogen) atoms. The summed E-state index contributed by atoms with van der Waals surface area (Å²) in [7, 11) is 0. The highest BCUT2D eigenvalue weighted by Crippen LogP contribution is 2.36. The minimum atomic E-state index is -0.383. The molecule has 3 aromatic heterocycles. The molecule has 0 atom stereocenters. The van der Waals surface area contributed by atoms with Gasteiger partial charge in [0.1, 0.15) is 5.69 Å². The van der Waals surface area contributed by atoms with Crippen molar-refractivity contribution in [3.63, 3.8) is 0 Å². The van der Waals surface area contributed by atoms with Crippen LogP contribution in [0.4, 0.5) is 0 Å². The van der Waals surface area contributed by atoms with E-state index in [4.69, 9.17) is 9.47 Å². The number of H-pyrrole nitrogens is 2. The van der Waals surface area contributed by atoms with Gasteiger partial charge in [-0.3, -0.25) is 0 Å². The smallest absolute Gasteiger partial charge is 0.354 e. The maximum atomic E-state index is 11.9. The molecule has 0 fully saturated rings. The van der Waals surface area contributed by atoms with Gasteiger partial charge in [0.2, 0.25) is 0 Å². The van der Waals surface area contributed by atoms with E-state index in [1.54, 1.807) is 26.1 Å². The van der Waals surface area contributed by atoms with Crippen molar-refractivity contribution in [2.45, 2.75) is 13.8 Å².